The maximum Gasteiger partial charge on any atom is 0.167 e. The topological polar surface area (TPSA) is 61.0 Å². The van der Waals surface area contributed by atoms with E-state index in [0.29, 0.717) is 23.1 Å². The van der Waals surface area contributed by atoms with Crippen molar-refractivity contribution in [2.24, 2.45) is 0 Å². The minimum Gasteiger partial charge on any atom is -0.456 e. The van der Waals surface area contributed by atoms with E-state index in [4.69, 9.17) is 24.1 Å². The van der Waals surface area contributed by atoms with Gasteiger partial charge in [-0.1, -0.05) is 164 Å². The van der Waals surface area contributed by atoms with E-state index in [1.165, 1.54) is 22.3 Å². The fourth-order valence-electron chi connectivity index (χ4n) is 9.16. The van der Waals surface area contributed by atoms with E-state index in [1.54, 1.807) is 0 Å². The summed E-state index contributed by atoms with van der Waals surface area (Å²) in [6.45, 7) is 0. The molecule has 3 heterocycles. The van der Waals surface area contributed by atoms with Gasteiger partial charge in [0.15, 0.2) is 17.5 Å². The smallest absolute Gasteiger partial charge is 0.167 e. The fraction of sp³-hybridized carbons (Fsp3) is 0.0192. The van der Waals surface area contributed by atoms with Gasteiger partial charge in [-0.15, -0.1) is 0 Å². The Bertz CT molecular complexity index is 3160. The molecule has 2 aliphatic rings. The van der Waals surface area contributed by atoms with E-state index < -0.39 is 5.41 Å². The molecule has 0 radical (unpaired) electrons. The van der Waals surface area contributed by atoms with Gasteiger partial charge < -0.3 is 9.15 Å². The van der Waals surface area contributed by atoms with Crippen molar-refractivity contribution in [2.75, 3.05) is 0 Å². The molecule has 0 N–H and O–H groups in total. The molecule has 0 atom stereocenters. The zero-order valence-electron chi connectivity index (χ0n) is 30.6. The third-order valence-corrected chi connectivity index (χ3v) is 11.6. The molecule has 1 spiro atoms. The van der Waals surface area contributed by atoms with Gasteiger partial charge in [-0.25, -0.2) is 15.0 Å². The van der Waals surface area contributed by atoms with Gasteiger partial charge in [-0.05, 0) is 57.6 Å². The van der Waals surface area contributed by atoms with Crippen LogP contribution in [-0.2, 0) is 5.41 Å². The van der Waals surface area contributed by atoms with Crippen molar-refractivity contribution < 1.29 is 9.15 Å². The van der Waals surface area contributed by atoms with Crippen LogP contribution in [0.5, 0.6) is 11.5 Å². The van der Waals surface area contributed by atoms with Gasteiger partial charge in [0.1, 0.15) is 22.7 Å². The number of para-hydroxylation sites is 2. The van der Waals surface area contributed by atoms with Crippen molar-refractivity contribution in [3.05, 3.63) is 210 Å². The summed E-state index contributed by atoms with van der Waals surface area (Å²) in [6.07, 6.45) is 0. The van der Waals surface area contributed by atoms with Crippen LogP contribution in [-0.4, -0.2) is 15.0 Å². The van der Waals surface area contributed by atoms with Crippen molar-refractivity contribution in [3.8, 4) is 67.9 Å². The summed E-state index contributed by atoms with van der Waals surface area (Å²) in [5, 5.41) is 1.86. The Morgan fingerprint density at radius 2 is 0.895 bits per heavy atom. The van der Waals surface area contributed by atoms with Crippen LogP contribution in [0.1, 0.15) is 22.3 Å². The molecule has 0 bridgehead atoms. The summed E-state index contributed by atoms with van der Waals surface area (Å²) in [5.41, 5.74) is 12.9. The largest absolute Gasteiger partial charge is 0.456 e. The quantitative estimate of drug-likeness (QED) is 0.180. The number of aromatic nitrogens is 3. The number of nitrogens with zero attached hydrogens (tertiary/aromatic N) is 3. The molecule has 1 aliphatic carbocycles. The molecule has 10 aromatic rings. The second-order valence-electron chi connectivity index (χ2n) is 14.7. The van der Waals surface area contributed by atoms with E-state index in [9.17, 15) is 0 Å². The number of furan rings is 1. The first-order valence-electron chi connectivity index (χ1n) is 19.2. The second kappa shape index (κ2) is 12.2. The van der Waals surface area contributed by atoms with Gasteiger partial charge in [0.2, 0.25) is 0 Å². The van der Waals surface area contributed by atoms with Crippen LogP contribution in [0.25, 0.3) is 78.4 Å². The number of hydrogen-bond donors (Lipinski definition) is 0. The normalized spacial score (nSPS) is 13.2. The number of ether oxygens (including phenoxy) is 1. The summed E-state index contributed by atoms with van der Waals surface area (Å²) >= 11 is 0. The van der Waals surface area contributed by atoms with Gasteiger partial charge in [0, 0.05) is 27.6 Å². The van der Waals surface area contributed by atoms with E-state index in [-0.39, 0.29) is 0 Å². The van der Waals surface area contributed by atoms with Crippen molar-refractivity contribution in [1.29, 1.82) is 0 Å². The SMILES string of the molecule is c1ccc(-c2ccc(-c3nc(-c4ccccc4)nc(-c4cccc5c4oc4ccc6c(c45)Oc4ccccc4C64c5ccccc5-c5ccccc54)n3)cc2)cc1. The minimum absolute atomic E-state index is 0.533. The molecule has 0 saturated carbocycles. The molecule has 57 heavy (non-hydrogen) atoms. The fourth-order valence-corrected chi connectivity index (χ4v) is 9.16. The molecule has 1 aliphatic heterocycles. The predicted molar refractivity (Wildman–Crippen MR) is 226 cm³/mol. The van der Waals surface area contributed by atoms with Crippen molar-refractivity contribution in [2.45, 2.75) is 5.41 Å². The third-order valence-electron chi connectivity index (χ3n) is 11.6. The van der Waals surface area contributed by atoms with Crippen LogP contribution in [0, 0.1) is 0 Å². The van der Waals surface area contributed by atoms with Crippen LogP contribution >= 0.6 is 0 Å². The van der Waals surface area contributed by atoms with E-state index in [1.807, 2.05) is 48.5 Å². The maximum absolute atomic E-state index is 7.01. The lowest BCUT2D eigenvalue weighted by molar-refractivity contribution is 0.441. The van der Waals surface area contributed by atoms with Crippen LogP contribution < -0.4 is 4.74 Å². The third kappa shape index (κ3) is 4.60. The zero-order chi connectivity index (χ0) is 37.5. The zero-order valence-corrected chi connectivity index (χ0v) is 30.6. The molecule has 12 rings (SSSR count). The molecule has 2 aromatic heterocycles. The molecule has 0 unspecified atom stereocenters. The molecular formula is C52H31N3O2. The van der Waals surface area contributed by atoms with Gasteiger partial charge in [-0.2, -0.15) is 0 Å². The lowest BCUT2D eigenvalue weighted by Crippen LogP contribution is -2.32. The van der Waals surface area contributed by atoms with Gasteiger partial charge >= 0.3 is 0 Å². The van der Waals surface area contributed by atoms with E-state index >= 15 is 0 Å². The number of rotatable bonds is 4. The Kier molecular flexibility index (Phi) is 6.78. The van der Waals surface area contributed by atoms with E-state index in [0.717, 1.165) is 66.8 Å². The lowest BCUT2D eigenvalue weighted by Gasteiger charge is -2.39. The van der Waals surface area contributed by atoms with Gasteiger partial charge in [-0.3, -0.25) is 0 Å². The van der Waals surface area contributed by atoms with Crippen molar-refractivity contribution >= 4 is 21.9 Å². The standard InChI is InChI=1S/C52H31N3O2/c1-3-14-32(15-4-1)33-26-28-35(29-27-33)50-53-49(34-16-5-2-6-17-34)54-51(55-50)39-21-13-20-38-46-45(57-47(38)39)31-30-43-48(46)56-44-25-12-11-24-42(44)52(43)40-22-9-7-18-36(40)37-19-8-10-23-41(37)52/h1-31H. The first kappa shape index (κ1) is 31.7. The highest BCUT2D eigenvalue weighted by atomic mass is 16.5. The first-order valence-corrected chi connectivity index (χ1v) is 19.2. The summed E-state index contributed by atoms with van der Waals surface area (Å²) in [6, 6.07) is 65.3. The average molecular weight is 730 g/mol. The molecule has 0 saturated heterocycles. The van der Waals surface area contributed by atoms with Gasteiger partial charge in [0.05, 0.1) is 16.4 Å². The minimum atomic E-state index is -0.573. The summed E-state index contributed by atoms with van der Waals surface area (Å²) in [5.74, 6) is 3.35. The second-order valence-corrected chi connectivity index (χ2v) is 14.7. The van der Waals surface area contributed by atoms with E-state index in [2.05, 4.69) is 140 Å². The Hall–Kier alpha value is -7.63. The van der Waals surface area contributed by atoms with Crippen LogP contribution in [0.15, 0.2) is 192 Å². The molecule has 5 nitrogen and oxygen atoms in total. The molecule has 266 valence electrons. The summed E-state index contributed by atoms with van der Waals surface area (Å²) in [7, 11) is 0. The van der Waals surface area contributed by atoms with Crippen LogP contribution in [0.2, 0.25) is 0 Å². The highest BCUT2D eigenvalue weighted by Gasteiger charge is 2.51. The highest BCUT2D eigenvalue weighted by molar-refractivity contribution is 6.13. The molecule has 0 amide bonds. The van der Waals surface area contributed by atoms with Crippen LogP contribution in [0.3, 0.4) is 0 Å². The Morgan fingerprint density at radius 1 is 0.368 bits per heavy atom. The molecule has 8 aromatic carbocycles. The number of hydrogen-bond acceptors (Lipinski definition) is 5. The summed E-state index contributed by atoms with van der Waals surface area (Å²) < 4.78 is 13.9. The Labute approximate surface area is 328 Å². The first-order chi connectivity index (χ1) is 28.3. The molecule has 5 heteroatoms. The Morgan fingerprint density at radius 3 is 1.60 bits per heavy atom. The van der Waals surface area contributed by atoms with Crippen LogP contribution in [0.4, 0.5) is 0 Å². The molecule has 0 fully saturated rings. The van der Waals surface area contributed by atoms with Gasteiger partial charge in [0.25, 0.3) is 0 Å². The molecular weight excluding hydrogens is 699 g/mol. The number of benzene rings is 8. The summed E-state index contributed by atoms with van der Waals surface area (Å²) in [4.78, 5) is 15.2. The van der Waals surface area contributed by atoms with Crippen molar-refractivity contribution in [1.82, 2.24) is 15.0 Å². The number of fused-ring (bicyclic) bond motifs is 13. The average Bonchev–Trinajstić information content (AvgIpc) is 3.82. The predicted octanol–water partition coefficient (Wildman–Crippen LogP) is 12.9. The van der Waals surface area contributed by atoms with Crippen molar-refractivity contribution in [3.63, 3.8) is 0 Å². The monoisotopic (exact) mass is 729 g/mol. The Balaban J connectivity index is 1.08. The highest BCUT2D eigenvalue weighted by Crippen LogP contribution is 2.63. The lowest BCUT2D eigenvalue weighted by atomic mass is 9.66. The maximum atomic E-state index is 7.01.